The van der Waals surface area contributed by atoms with Gasteiger partial charge >= 0.3 is 0 Å². The van der Waals surface area contributed by atoms with Crippen molar-refractivity contribution in [2.45, 2.75) is 36.7 Å². The van der Waals surface area contributed by atoms with E-state index >= 15 is 0 Å². The van der Waals surface area contributed by atoms with Crippen LogP contribution in [0.3, 0.4) is 0 Å². The van der Waals surface area contributed by atoms with Crippen LogP contribution in [0.4, 0.5) is 10.1 Å². The van der Waals surface area contributed by atoms with E-state index in [9.17, 15) is 22.4 Å². The second kappa shape index (κ2) is 10.5. The minimum Gasteiger partial charge on any atom is -0.376 e. The molecule has 8 nitrogen and oxygen atoms in total. The Bertz CT molecular complexity index is 1110. The number of nitrogens with one attached hydrogen (secondary N) is 2. The lowest BCUT2D eigenvalue weighted by molar-refractivity contribution is -0.126. The van der Waals surface area contributed by atoms with E-state index in [0.717, 1.165) is 31.6 Å². The van der Waals surface area contributed by atoms with Crippen LogP contribution in [-0.2, 0) is 19.6 Å². The molecule has 2 aromatic carbocycles. The highest BCUT2D eigenvalue weighted by atomic mass is 32.2. The van der Waals surface area contributed by atoms with Crippen molar-refractivity contribution in [1.29, 1.82) is 0 Å². The number of sulfonamides is 1. The number of halogens is 1. The molecule has 0 unspecified atom stereocenters. The number of nitrogens with zero attached hydrogens (tertiary/aromatic N) is 1. The summed E-state index contributed by atoms with van der Waals surface area (Å²) in [6.07, 6.45) is 3.30. The molecule has 1 atom stereocenters. The number of hydrogen-bond acceptors (Lipinski definition) is 5. The van der Waals surface area contributed by atoms with Crippen LogP contribution in [0.25, 0.3) is 0 Å². The molecule has 0 aromatic heterocycles. The van der Waals surface area contributed by atoms with Crippen molar-refractivity contribution in [2.75, 3.05) is 31.0 Å². The van der Waals surface area contributed by atoms with Crippen molar-refractivity contribution < 1.29 is 27.1 Å². The van der Waals surface area contributed by atoms with Gasteiger partial charge in [0.25, 0.3) is 15.9 Å². The lowest BCUT2D eigenvalue weighted by Crippen LogP contribution is -2.44. The standard InChI is InChI=1S/C24H28FN3O5S/c25-19-5-9-22(10-6-19)34(31,32)27-20-7-3-18(4-8-20)24(30)28-13-11-17(12-14-28)23(29)26-16-21-2-1-15-33-21/h3-10,17,21,27H,1-2,11-16H2,(H,26,29)/t21-/m0/s1. The fraction of sp³-hybridized carbons (Fsp3) is 0.417. The molecule has 10 heteroatoms. The highest BCUT2D eigenvalue weighted by Gasteiger charge is 2.28. The number of carbonyl (C=O) groups is 2. The summed E-state index contributed by atoms with van der Waals surface area (Å²) in [6, 6.07) is 10.7. The predicted octanol–water partition coefficient (Wildman–Crippen LogP) is 2.77. The zero-order chi connectivity index (χ0) is 24.1. The predicted molar refractivity (Wildman–Crippen MR) is 124 cm³/mol. The lowest BCUT2D eigenvalue weighted by Gasteiger charge is -2.31. The third-order valence-electron chi connectivity index (χ3n) is 6.19. The fourth-order valence-corrected chi connectivity index (χ4v) is 5.26. The van der Waals surface area contributed by atoms with Crippen LogP contribution >= 0.6 is 0 Å². The number of amides is 2. The van der Waals surface area contributed by atoms with Crippen molar-refractivity contribution in [1.82, 2.24) is 10.2 Å². The van der Waals surface area contributed by atoms with Crippen molar-refractivity contribution >= 4 is 27.5 Å². The smallest absolute Gasteiger partial charge is 0.261 e. The molecular weight excluding hydrogens is 461 g/mol. The lowest BCUT2D eigenvalue weighted by atomic mass is 9.95. The first-order valence-corrected chi connectivity index (χ1v) is 12.9. The molecule has 0 bridgehead atoms. The van der Waals surface area contributed by atoms with E-state index in [0.29, 0.717) is 43.7 Å². The van der Waals surface area contributed by atoms with Gasteiger partial charge in [-0.3, -0.25) is 14.3 Å². The van der Waals surface area contributed by atoms with Crippen molar-refractivity contribution in [3.63, 3.8) is 0 Å². The van der Waals surface area contributed by atoms with Gasteiger partial charge < -0.3 is 15.0 Å². The Kier molecular flexibility index (Phi) is 7.47. The molecule has 0 spiro atoms. The topological polar surface area (TPSA) is 105 Å². The van der Waals surface area contributed by atoms with Gasteiger partial charge in [0.15, 0.2) is 0 Å². The van der Waals surface area contributed by atoms with Gasteiger partial charge in [-0.1, -0.05) is 0 Å². The third kappa shape index (κ3) is 5.92. The minimum absolute atomic E-state index is 0.0143. The Hall–Kier alpha value is -2.98. The Morgan fingerprint density at radius 3 is 2.29 bits per heavy atom. The number of benzene rings is 2. The second-order valence-electron chi connectivity index (χ2n) is 8.58. The summed E-state index contributed by atoms with van der Waals surface area (Å²) in [5.41, 5.74) is 0.730. The average Bonchev–Trinajstić information content (AvgIpc) is 3.36. The van der Waals surface area contributed by atoms with Crippen LogP contribution in [0.15, 0.2) is 53.4 Å². The van der Waals surface area contributed by atoms with E-state index in [-0.39, 0.29) is 28.7 Å². The van der Waals surface area contributed by atoms with E-state index in [1.807, 2.05) is 0 Å². The normalized spacial score (nSPS) is 19.1. The van der Waals surface area contributed by atoms with Crippen LogP contribution in [0.2, 0.25) is 0 Å². The molecule has 0 saturated carbocycles. The van der Waals surface area contributed by atoms with Gasteiger partial charge in [-0.2, -0.15) is 0 Å². The molecule has 182 valence electrons. The largest absolute Gasteiger partial charge is 0.376 e. The summed E-state index contributed by atoms with van der Waals surface area (Å²) in [4.78, 5) is 26.9. The van der Waals surface area contributed by atoms with Crippen LogP contribution < -0.4 is 10.0 Å². The molecule has 2 fully saturated rings. The number of carbonyl (C=O) groups excluding carboxylic acids is 2. The monoisotopic (exact) mass is 489 g/mol. The number of ether oxygens (including phenoxy) is 1. The molecule has 0 aliphatic carbocycles. The van der Waals surface area contributed by atoms with E-state index in [4.69, 9.17) is 4.74 Å². The van der Waals surface area contributed by atoms with Gasteiger partial charge in [-0.15, -0.1) is 0 Å². The quantitative estimate of drug-likeness (QED) is 0.622. The Labute approximate surface area is 198 Å². The Morgan fingerprint density at radius 1 is 1.00 bits per heavy atom. The SMILES string of the molecule is O=C(NC[C@@H]1CCCO1)C1CCN(C(=O)c2ccc(NS(=O)(=O)c3ccc(F)cc3)cc2)CC1. The summed E-state index contributed by atoms with van der Waals surface area (Å²) < 4.78 is 45.9. The van der Waals surface area contributed by atoms with Crippen LogP contribution in [0, 0.1) is 11.7 Å². The maximum absolute atomic E-state index is 13.1. The molecule has 2 heterocycles. The number of rotatable bonds is 7. The average molecular weight is 490 g/mol. The molecule has 4 rings (SSSR count). The zero-order valence-corrected chi connectivity index (χ0v) is 19.5. The highest BCUT2D eigenvalue weighted by molar-refractivity contribution is 7.92. The van der Waals surface area contributed by atoms with Gasteiger partial charge in [0.2, 0.25) is 5.91 Å². The molecule has 0 radical (unpaired) electrons. The summed E-state index contributed by atoms with van der Waals surface area (Å²) in [5, 5.41) is 2.97. The molecular formula is C24H28FN3O5S. The first kappa shape index (κ1) is 24.2. The van der Waals surface area contributed by atoms with Gasteiger partial charge in [-0.25, -0.2) is 12.8 Å². The van der Waals surface area contributed by atoms with Crippen molar-refractivity contribution in [2.24, 2.45) is 5.92 Å². The van der Waals surface area contributed by atoms with E-state index in [1.165, 1.54) is 24.3 Å². The molecule has 2 N–H and O–H groups in total. The Balaban J connectivity index is 1.28. The summed E-state index contributed by atoms with van der Waals surface area (Å²) in [7, 11) is -3.87. The molecule has 2 amide bonds. The van der Waals surface area contributed by atoms with Gasteiger partial charge in [0.05, 0.1) is 11.0 Å². The number of likely N-dealkylation sites (tertiary alicyclic amines) is 1. The van der Waals surface area contributed by atoms with E-state index in [2.05, 4.69) is 10.0 Å². The first-order valence-electron chi connectivity index (χ1n) is 11.4. The van der Waals surface area contributed by atoms with E-state index < -0.39 is 15.8 Å². The summed E-state index contributed by atoms with van der Waals surface area (Å²) in [5.74, 6) is -0.787. The zero-order valence-electron chi connectivity index (χ0n) is 18.7. The fourth-order valence-electron chi connectivity index (χ4n) is 4.20. The third-order valence-corrected chi connectivity index (χ3v) is 7.59. The highest BCUT2D eigenvalue weighted by Crippen LogP contribution is 2.22. The maximum Gasteiger partial charge on any atom is 0.261 e. The second-order valence-corrected chi connectivity index (χ2v) is 10.3. The summed E-state index contributed by atoms with van der Waals surface area (Å²) in [6.45, 7) is 2.25. The summed E-state index contributed by atoms with van der Waals surface area (Å²) >= 11 is 0. The number of anilines is 1. The molecule has 2 aromatic rings. The minimum atomic E-state index is -3.87. The molecule has 2 saturated heterocycles. The van der Waals surface area contributed by atoms with Crippen LogP contribution in [-0.4, -0.2) is 57.5 Å². The van der Waals surface area contributed by atoms with Crippen LogP contribution in [0.5, 0.6) is 0 Å². The van der Waals surface area contributed by atoms with Gasteiger partial charge in [0.1, 0.15) is 5.82 Å². The molecule has 34 heavy (non-hydrogen) atoms. The first-order chi connectivity index (χ1) is 16.3. The maximum atomic E-state index is 13.1. The van der Waals surface area contributed by atoms with Crippen LogP contribution in [0.1, 0.15) is 36.0 Å². The van der Waals surface area contributed by atoms with Crippen molar-refractivity contribution in [3.8, 4) is 0 Å². The number of piperidine rings is 1. The molecule has 2 aliphatic heterocycles. The van der Waals surface area contributed by atoms with Gasteiger partial charge in [0, 0.05) is 43.4 Å². The van der Waals surface area contributed by atoms with Crippen molar-refractivity contribution in [3.05, 3.63) is 59.9 Å². The molecule has 2 aliphatic rings. The van der Waals surface area contributed by atoms with Gasteiger partial charge in [-0.05, 0) is 74.2 Å². The number of hydrogen-bond donors (Lipinski definition) is 2. The Morgan fingerprint density at radius 2 is 1.68 bits per heavy atom. The van der Waals surface area contributed by atoms with E-state index in [1.54, 1.807) is 17.0 Å².